The van der Waals surface area contributed by atoms with E-state index in [9.17, 15) is 0 Å². The van der Waals surface area contributed by atoms with Gasteiger partial charge in [-0.15, -0.1) is 0 Å². The molecule has 4 rings (SSSR count). The monoisotopic (exact) mass is 410 g/mol. The minimum Gasteiger partial charge on any atom is -0.493 e. The summed E-state index contributed by atoms with van der Waals surface area (Å²) in [4.78, 5) is 13.4. The molecule has 1 saturated heterocycles. The molecular weight excluding hydrogens is 384 g/mol. The lowest BCUT2D eigenvalue weighted by Crippen LogP contribution is -2.57. The molecule has 3 N–H and O–H groups in total. The summed E-state index contributed by atoms with van der Waals surface area (Å²) in [6.07, 6.45) is -0.485. The molecule has 1 unspecified atom stereocenters. The lowest BCUT2D eigenvalue weighted by molar-refractivity contribution is 0.0671. The number of ether oxygens (including phenoxy) is 3. The molecule has 158 valence electrons. The van der Waals surface area contributed by atoms with Crippen molar-refractivity contribution >= 4 is 23.3 Å². The first-order valence-corrected chi connectivity index (χ1v) is 9.77. The SMILES string of the molecule is COc1ccc(NC2N=C(N)N=C(N3CCOCC3)N2c2ccccc2)cc1OC. The maximum atomic E-state index is 6.11. The Labute approximate surface area is 175 Å². The van der Waals surface area contributed by atoms with Gasteiger partial charge in [0.1, 0.15) is 0 Å². The summed E-state index contributed by atoms with van der Waals surface area (Å²) in [5.41, 5.74) is 7.88. The first-order valence-electron chi connectivity index (χ1n) is 9.77. The summed E-state index contributed by atoms with van der Waals surface area (Å²) < 4.78 is 16.3. The zero-order valence-electron chi connectivity index (χ0n) is 17.1. The Hall–Kier alpha value is -3.46. The molecule has 0 aliphatic carbocycles. The minimum absolute atomic E-state index is 0.224. The predicted octanol–water partition coefficient (Wildman–Crippen LogP) is 1.92. The van der Waals surface area contributed by atoms with Crippen molar-refractivity contribution < 1.29 is 14.2 Å². The Morgan fingerprint density at radius 3 is 2.47 bits per heavy atom. The number of hydrogen-bond acceptors (Lipinski definition) is 9. The molecule has 1 fully saturated rings. The van der Waals surface area contributed by atoms with E-state index >= 15 is 0 Å². The second-order valence-electron chi connectivity index (χ2n) is 6.79. The van der Waals surface area contributed by atoms with Crippen LogP contribution >= 0.6 is 0 Å². The average molecular weight is 410 g/mol. The fraction of sp³-hybridized carbons (Fsp3) is 0.333. The van der Waals surface area contributed by atoms with Crippen molar-refractivity contribution in [2.45, 2.75) is 6.29 Å². The molecule has 30 heavy (non-hydrogen) atoms. The van der Waals surface area contributed by atoms with Gasteiger partial charge in [-0.25, -0.2) is 4.99 Å². The fourth-order valence-corrected chi connectivity index (χ4v) is 3.48. The van der Waals surface area contributed by atoms with Gasteiger partial charge in [-0.05, 0) is 24.3 Å². The number of aliphatic imine (C=N–C) groups is 2. The van der Waals surface area contributed by atoms with Crippen LogP contribution in [0.15, 0.2) is 58.5 Å². The van der Waals surface area contributed by atoms with Crippen LogP contribution in [0.4, 0.5) is 11.4 Å². The van der Waals surface area contributed by atoms with Crippen LogP contribution in [0, 0.1) is 0 Å². The van der Waals surface area contributed by atoms with E-state index in [1.807, 2.05) is 53.4 Å². The number of nitrogens with one attached hydrogen (secondary N) is 1. The highest BCUT2D eigenvalue weighted by Crippen LogP contribution is 2.31. The van der Waals surface area contributed by atoms with Gasteiger partial charge in [0.15, 0.2) is 11.5 Å². The van der Waals surface area contributed by atoms with Gasteiger partial charge >= 0.3 is 0 Å². The van der Waals surface area contributed by atoms with E-state index < -0.39 is 6.29 Å². The maximum absolute atomic E-state index is 6.11. The van der Waals surface area contributed by atoms with Gasteiger partial charge in [-0.3, -0.25) is 4.90 Å². The lowest BCUT2D eigenvalue weighted by atomic mass is 10.2. The van der Waals surface area contributed by atoms with Crippen LogP contribution < -0.4 is 25.4 Å². The lowest BCUT2D eigenvalue weighted by Gasteiger charge is -2.41. The molecule has 9 heteroatoms. The third kappa shape index (κ3) is 4.11. The van der Waals surface area contributed by atoms with E-state index in [1.54, 1.807) is 14.2 Å². The molecule has 2 aliphatic rings. The summed E-state index contributed by atoms with van der Waals surface area (Å²) in [5.74, 6) is 2.26. The number of guanidine groups is 2. The summed E-state index contributed by atoms with van der Waals surface area (Å²) in [6, 6.07) is 15.6. The van der Waals surface area contributed by atoms with E-state index in [2.05, 4.69) is 20.2 Å². The van der Waals surface area contributed by atoms with E-state index in [4.69, 9.17) is 19.9 Å². The molecular formula is C21H26N6O3. The number of rotatable bonds is 5. The van der Waals surface area contributed by atoms with Gasteiger partial charge in [-0.1, -0.05) is 18.2 Å². The van der Waals surface area contributed by atoms with Crippen molar-refractivity contribution in [1.29, 1.82) is 0 Å². The highest BCUT2D eigenvalue weighted by atomic mass is 16.5. The summed E-state index contributed by atoms with van der Waals surface area (Å²) in [7, 11) is 3.22. The molecule has 2 aliphatic heterocycles. The number of para-hydroxylation sites is 1. The third-order valence-corrected chi connectivity index (χ3v) is 4.94. The zero-order valence-corrected chi connectivity index (χ0v) is 17.1. The smallest absolute Gasteiger partial charge is 0.222 e. The van der Waals surface area contributed by atoms with E-state index in [1.165, 1.54) is 0 Å². The number of methoxy groups -OCH3 is 2. The number of nitrogens with zero attached hydrogens (tertiary/aromatic N) is 4. The second-order valence-corrected chi connectivity index (χ2v) is 6.79. The third-order valence-electron chi connectivity index (χ3n) is 4.94. The number of benzene rings is 2. The molecule has 0 aromatic heterocycles. The average Bonchev–Trinajstić information content (AvgIpc) is 2.79. The van der Waals surface area contributed by atoms with Crippen LogP contribution in [-0.4, -0.2) is 63.6 Å². The predicted molar refractivity (Wildman–Crippen MR) is 117 cm³/mol. The minimum atomic E-state index is -0.485. The Morgan fingerprint density at radius 1 is 1.03 bits per heavy atom. The van der Waals surface area contributed by atoms with Gasteiger partial charge in [0.25, 0.3) is 0 Å². The molecule has 0 radical (unpaired) electrons. The van der Waals surface area contributed by atoms with Gasteiger partial charge in [0, 0.05) is 30.5 Å². The topological polar surface area (TPSA) is 96.9 Å². The summed E-state index contributed by atoms with van der Waals surface area (Å²) in [5, 5.41) is 3.44. The highest BCUT2D eigenvalue weighted by Gasteiger charge is 2.32. The summed E-state index contributed by atoms with van der Waals surface area (Å²) >= 11 is 0. The number of morpholine rings is 1. The van der Waals surface area contributed by atoms with Gasteiger partial charge < -0.3 is 30.2 Å². The second kappa shape index (κ2) is 8.91. The normalized spacial score (nSPS) is 19.1. The fourth-order valence-electron chi connectivity index (χ4n) is 3.48. The first kappa shape index (κ1) is 19.8. The van der Waals surface area contributed by atoms with Crippen molar-refractivity contribution in [3.05, 3.63) is 48.5 Å². The quantitative estimate of drug-likeness (QED) is 0.777. The maximum Gasteiger partial charge on any atom is 0.222 e. The molecule has 2 heterocycles. The van der Waals surface area contributed by atoms with Crippen molar-refractivity contribution in [1.82, 2.24) is 4.90 Å². The number of nitrogens with two attached hydrogens (primary N) is 1. The van der Waals surface area contributed by atoms with Crippen LogP contribution in [0.1, 0.15) is 0 Å². The van der Waals surface area contributed by atoms with Gasteiger partial charge in [-0.2, -0.15) is 4.99 Å². The van der Waals surface area contributed by atoms with E-state index in [0.717, 1.165) is 30.4 Å². The van der Waals surface area contributed by atoms with Crippen LogP contribution in [0.2, 0.25) is 0 Å². The highest BCUT2D eigenvalue weighted by molar-refractivity contribution is 6.06. The zero-order chi connectivity index (χ0) is 20.9. The molecule has 2 aromatic carbocycles. The van der Waals surface area contributed by atoms with Crippen molar-refractivity contribution in [2.24, 2.45) is 15.7 Å². The Bertz CT molecular complexity index is 928. The first-order chi connectivity index (χ1) is 14.7. The van der Waals surface area contributed by atoms with Crippen LogP contribution in [-0.2, 0) is 4.74 Å². The molecule has 2 aromatic rings. The summed E-state index contributed by atoms with van der Waals surface area (Å²) in [6.45, 7) is 2.76. The van der Waals surface area contributed by atoms with Crippen LogP contribution in [0.25, 0.3) is 0 Å². The number of hydrogen-bond donors (Lipinski definition) is 2. The van der Waals surface area contributed by atoms with E-state index in [-0.39, 0.29) is 5.96 Å². The van der Waals surface area contributed by atoms with E-state index in [0.29, 0.717) is 24.7 Å². The molecule has 9 nitrogen and oxygen atoms in total. The Morgan fingerprint density at radius 2 is 1.77 bits per heavy atom. The molecule has 0 amide bonds. The van der Waals surface area contributed by atoms with Gasteiger partial charge in [0.05, 0.1) is 27.4 Å². The van der Waals surface area contributed by atoms with Gasteiger partial charge in [0.2, 0.25) is 18.2 Å². The largest absolute Gasteiger partial charge is 0.493 e. The van der Waals surface area contributed by atoms with Crippen LogP contribution in [0.3, 0.4) is 0 Å². The molecule has 0 spiro atoms. The molecule has 1 atom stereocenters. The Kier molecular flexibility index (Phi) is 5.89. The Balaban J connectivity index is 1.69. The molecule has 0 bridgehead atoms. The van der Waals surface area contributed by atoms with Crippen molar-refractivity contribution in [3.63, 3.8) is 0 Å². The van der Waals surface area contributed by atoms with Crippen LogP contribution in [0.5, 0.6) is 11.5 Å². The standard InChI is InChI=1S/C21H26N6O3/c1-28-17-9-8-15(14-18(17)29-2)23-20-24-19(22)25-21(26-10-12-30-13-11-26)27(20)16-6-4-3-5-7-16/h3-9,14,20,23H,10-13H2,1-2H3,(H2,22,24). The molecule has 0 saturated carbocycles. The number of anilines is 2. The van der Waals surface area contributed by atoms with Crippen molar-refractivity contribution in [3.8, 4) is 11.5 Å². The van der Waals surface area contributed by atoms with Crippen molar-refractivity contribution in [2.75, 3.05) is 50.7 Å².